The second kappa shape index (κ2) is 9.05. The number of rotatable bonds is 6. The van der Waals surface area contributed by atoms with E-state index in [9.17, 15) is 14.9 Å². The number of nitro benzene ring substituents is 1. The molecule has 0 aliphatic heterocycles. The third-order valence-electron chi connectivity index (χ3n) is 4.12. The summed E-state index contributed by atoms with van der Waals surface area (Å²) in [6, 6.07) is 8.29. The Morgan fingerprint density at radius 3 is 2.63 bits per heavy atom. The maximum Gasteiger partial charge on any atom is 0.312 e. The van der Waals surface area contributed by atoms with E-state index in [0.717, 1.165) is 4.47 Å². The van der Waals surface area contributed by atoms with Gasteiger partial charge in [-0.05, 0) is 38.1 Å². The van der Waals surface area contributed by atoms with Crippen molar-refractivity contribution in [3.05, 3.63) is 71.1 Å². The minimum atomic E-state index is -0.515. The van der Waals surface area contributed by atoms with Crippen LogP contribution in [-0.4, -0.2) is 26.9 Å². The van der Waals surface area contributed by atoms with Crippen molar-refractivity contribution in [1.29, 1.82) is 0 Å². The first-order chi connectivity index (χ1) is 14.2. The fourth-order valence-corrected chi connectivity index (χ4v) is 3.68. The Kier molecular flexibility index (Phi) is 6.67. The number of aromatic nitrogens is 2. The van der Waals surface area contributed by atoms with Gasteiger partial charge in [0.05, 0.1) is 28.1 Å². The number of nitrogens with zero attached hydrogens (tertiary/aromatic N) is 4. The maximum atomic E-state index is 13.0. The summed E-state index contributed by atoms with van der Waals surface area (Å²) < 4.78 is 8.15. The van der Waals surface area contributed by atoms with Crippen molar-refractivity contribution < 1.29 is 9.66 Å². The van der Waals surface area contributed by atoms with E-state index in [1.807, 2.05) is 13.0 Å². The lowest BCUT2D eigenvalue weighted by molar-refractivity contribution is -0.386. The topological polar surface area (TPSA) is 99.6 Å². The van der Waals surface area contributed by atoms with E-state index < -0.39 is 4.92 Å². The van der Waals surface area contributed by atoms with Crippen LogP contribution in [-0.2, 0) is 6.42 Å². The standard InChI is InChI=1S/C20H18Br2N4O4/c1-4-18-24-16-6-5-13(21)8-15(16)20(27)25(18)23-10-12-7-14(22)9-17(26(28)29)19(12)30-11(2)3/h5-11H,4H2,1-3H3. The van der Waals surface area contributed by atoms with Crippen molar-refractivity contribution in [2.45, 2.75) is 33.3 Å². The van der Waals surface area contributed by atoms with Gasteiger partial charge < -0.3 is 4.74 Å². The van der Waals surface area contributed by atoms with Crippen LogP contribution in [0.1, 0.15) is 32.2 Å². The van der Waals surface area contributed by atoms with Gasteiger partial charge in [0.2, 0.25) is 5.75 Å². The molecule has 0 bridgehead atoms. The first-order valence-corrected chi connectivity index (χ1v) is 10.7. The van der Waals surface area contributed by atoms with E-state index >= 15 is 0 Å². The summed E-state index contributed by atoms with van der Waals surface area (Å²) in [5.74, 6) is 0.562. The van der Waals surface area contributed by atoms with Crippen molar-refractivity contribution in [3.63, 3.8) is 0 Å². The average Bonchev–Trinajstić information content (AvgIpc) is 2.68. The zero-order valence-corrected chi connectivity index (χ0v) is 19.6. The van der Waals surface area contributed by atoms with Crippen LogP contribution in [0.25, 0.3) is 10.9 Å². The zero-order valence-electron chi connectivity index (χ0n) is 16.4. The van der Waals surface area contributed by atoms with Crippen molar-refractivity contribution in [2.75, 3.05) is 0 Å². The Bertz CT molecular complexity index is 1220. The number of hydrogen-bond donors (Lipinski definition) is 0. The SMILES string of the molecule is CCc1nc2ccc(Br)cc2c(=O)n1N=Cc1cc(Br)cc([N+](=O)[O-])c1OC(C)C. The number of halogens is 2. The van der Waals surface area contributed by atoms with Crippen LogP contribution < -0.4 is 10.3 Å². The van der Waals surface area contributed by atoms with Gasteiger partial charge in [-0.1, -0.05) is 38.8 Å². The van der Waals surface area contributed by atoms with E-state index in [0.29, 0.717) is 33.2 Å². The molecule has 156 valence electrons. The van der Waals surface area contributed by atoms with Crippen LogP contribution >= 0.6 is 31.9 Å². The molecule has 0 fully saturated rings. The van der Waals surface area contributed by atoms with E-state index in [4.69, 9.17) is 4.74 Å². The number of fused-ring (bicyclic) bond motifs is 1. The normalized spacial score (nSPS) is 11.5. The molecule has 0 atom stereocenters. The van der Waals surface area contributed by atoms with Gasteiger partial charge in [-0.3, -0.25) is 14.9 Å². The van der Waals surface area contributed by atoms with Crippen LogP contribution in [0.5, 0.6) is 5.75 Å². The van der Waals surface area contributed by atoms with E-state index in [1.54, 1.807) is 32.0 Å². The molecule has 10 heteroatoms. The monoisotopic (exact) mass is 536 g/mol. The number of hydrogen-bond acceptors (Lipinski definition) is 6. The minimum Gasteiger partial charge on any atom is -0.484 e. The van der Waals surface area contributed by atoms with Crippen LogP contribution in [0, 0.1) is 10.1 Å². The number of nitro groups is 1. The second-order valence-electron chi connectivity index (χ2n) is 6.67. The smallest absolute Gasteiger partial charge is 0.312 e. The molecule has 0 unspecified atom stereocenters. The lowest BCUT2D eigenvalue weighted by Gasteiger charge is -2.13. The summed E-state index contributed by atoms with van der Waals surface area (Å²) in [5.41, 5.74) is 0.426. The highest BCUT2D eigenvalue weighted by atomic mass is 79.9. The summed E-state index contributed by atoms with van der Waals surface area (Å²) in [7, 11) is 0. The molecule has 30 heavy (non-hydrogen) atoms. The van der Waals surface area contributed by atoms with E-state index in [2.05, 4.69) is 41.9 Å². The summed E-state index contributed by atoms with van der Waals surface area (Å²) >= 11 is 6.65. The molecule has 0 amide bonds. The van der Waals surface area contributed by atoms with Crippen LogP contribution in [0.15, 0.2) is 49.2 Å². The van der Waals surface area contributed by atoms with Crippen molar-refractivity contribution in [3.8, 4) is 5.75 Å². The van der Waals surface area contributed by atoms with Crippen LogP contribution in [0.3, 0.4) is 0 Å². The van der Waals surface area contributed by atoms with Crippen LogP contribution in [0.4, 0.5) is 5.69 Å². The molecule has 0 radical (unpaired) electrons. The third-order valence-corrected chi connectivity index (χ3v) is 5.07. The molecule has 8 nitrogen and oxygen atoms in total. The van der Waals surface area contributed by atoms with Gasteiger partial charge in [0, 0.05) is 27.0 Å². The van der Waals surface area contributed by atoms with Gasteiger partial charge in [-0.15, -0.1) is 0 Å². The number of benzene rings is 2. The van der Waals surface area contributed by atoms with Gasteiger partial charge in [0.1, 0.15) is 5.82 Å². The third kappa shape index (κ3) is 4.59. The largest absolute Gasteiger partial charge is 0.484 e. The first-order valence-electron chi connectivity index (χ1n) is 9.11. The fourth-order valence-electron chi connectivity index (χ4n) is 2.86. The van der Waals surface area contributed by atoms with Gasteiger partial charge in [0.25, 0.3) is 5.56 Å². The van der Waals surface area contributed by atoms with Gasteiger partial charge in [0.15, 0.2) is 0 Å². The van der Waals surface area contributed by atoms with E-state index in [-0.39, 0.29) is 23.1 Å². The molecule has 2 aromatic carbocycles. The fraction of sp³-hybridized carbons (Fsp3) is 0.250. The van der Waals surface area contributed by atoms with Gasteiger partial charge in [-0.25, -0.2) is 4.98 Å². The molecule has 1 heterocycles. The lowest BCUT2D eigenvalue weighted by atomic mass is 10.2. The number of aryl methyl sites for hydroxylation is 1. The van der Waals surface area contributed by atoms with Gasteiger partial charge >= 0.3 is 5.69 Å². The molecular weight excluding hydrogens is 520 g/mol. The molecule has 0 aliphatic carbocycles. The number of ether oxygens (including phenoxy) is 1. The molecule has 0 N–H and O–H groups in total. The minimum absolute atomic E-state index is 0.0875. The summed E-state index contributed by atoms with van der Waals surface area (Å²) in [6.07, 6.45) is 1.57. The first kappa shape index (κ1) is 22.1. The Hall–Kier alpha value is -2.59. The molecule has 1 aromatic heterocycles. The lowest BCUT2D eigenvalue weighted by Crippen LogP contribution is -2.22. The zero-order chi connectivity index (χ0) is 22.0. The van der Waals surface area contributed by atoms with Crippen molar-refractivity contribution in [1.82, 2.24) is 9.66 Å². The predicted octanol–water partition coefficient (Wildman–Crippen LogP) is 5.06. The quantitative estimate of drug-likeness (QED) is 0.248. The Balaban J connectivity index is 2.20. The molecule has 3 rings (SSSR count). The molecule has 0 saturated heterocycles. The Morgan fingerprint density at radius 2 is 2.00 bits per heavy atom. The average molecular weight is 538 g/mol. The molecule has 0 spiro atoms. The highest BCUT2D eigenvalue weighted by molar-refractivity contribution is 9.10. The van der Waals surface area contributed by atoms with Crippen molar-refractivity contribution in [2.24, 2.45) is 5.10 Å². The second-order valence-corrected chi connectivity index (χ2v) is 8.50. The predicted molar refractivity (Wildman–Crippen MR) is 123 cm³/mol. The molecular formula is C20H18Br2N4O4. The van der Waals surface area contributed by atoms with Crippen LogP contribution in [0.2, 0.25) is 0 Å². The molecule has 3 aromatic rings. The highest BCUT2D eigenvalue weighted by Gasteiger charge is 2.21. The van der Waals surface area contributed by atoms with E-state index in [1.165, 1.54) is 17.0 Å². The highest BCUT2D eigenvalue weighted by Crippen LogP contribution is 2.34. The Labute approximate surface area is 189 Å². The van der Waals surface area contributed by atoms with Crippen molar-refractivity contribution >= 4 is 54.7 Å². The maximum absolute atomic E-state index is 13.0. The summed E-state index contributed by atoms with van der Waals surface area (Å²) in [4.78, 5) is 28.5. The summed E-state index contributed by atoms with van der Waals surface area (Å²) in [5, 5.41) is 16.2. The summed E-state index contributed by atoms with van der Waals surface area (Å²) in [6.45, 7) is 5.42. The van der Waals surface area contributed by atoms with Gasteiger partial charge in [-0.2, -0.15) is 9.78 Å². The molecule has 0 aliphatic rings. The Morgan fingerprint density at radius 1 is 1.27 bits per heavy atom. The molecule has 0 saturated carbocycles.